The van der Waals surface area contributed by atoms with Crippen LogP contribution < -0.4 is 5.73 Å². The lowest BCUT2D eigenvalue weighted by Crippen LogP contribution is -2.30. The molecule has 1 aliphatic rings. The normalized spacial score (nSPS) is 22.6. The average Bonchev–Trinajstić information content (AvgIpc) is 2.25. The van der Waals surface area contributed by atoms with E-state index >= 15 is 0 Å². The van der Waals surface area contributed by atoms with Gasteiger partial charge in [-0.25, -0.2) is 4.39 Å². The molecule has 1 nitrogen and oxygen atoms in total. The highest BCUT2D eigenvalue weighted by molar-refractivity contribution is 5.68. The Morgan fingerprint density at radius 2 is 1.90 bits per heavy atom. The molecule has 0 saturated heterocycles. The van der Waals surface area contributed by atoms with Gasteiger partial charge in [-0.15, -0.1) is 0 Å². The second-order valence-corrected chi connectivity index (χ2v) is 6.09. The number of benzene rings is 1. The number of alkyl halides is 3. The van der Waals surface area contributed by atoms with Crippen LogP contribution in [0.15, 0.2) is 24.3 Å². The molecule has 0 fully saturated rings. The fourth-order valence-corrected chi connectivity index (χ4v) is 2.74. The third kappa shape index (κ3) is 3.20. The SMILES string of the molecule is CC1(C)CC(c2ccc(F)c(C(F)(F)F)c2)=CC(N)C1. The zero-order valence-electron chi connectivity index (χ0n) is 11.4. The molecular formula is C15H17F4N. The van der Waals surface area contributed by atoms with Gasteiger partial charge in [0.25, 0.3) is 0 Å². The molecule has 0 spiro atoms. The molecule has 0 bridgehead atoms. The summed E-state index contributed by atoms with van der Waals surface area (Å²) in [5.41, 5.74) is 5.76. The van der Waals surface area contributed by atoms with Gasteiger partial charge in [-0.2, -0.15) is 13.2 Å². The molecule has 110 valence electrons. The standard InChI is InChI=1S/C15H17F4N/c1-14(2)7-10(5-11(20)8-14)9-3-4-13(16)12(6-9)15(17,18)19/h3-6,11H,7-8,20H2,1-2H3. The Hall–Kier alpha value is -1.36. The van der Waals surface area contributed by atoms with Crippen molar-refractivity contribution < 1.29 is 17.6 Å². The van der Waals surface area contributed by atoms with E-state index in [-0.39, 0.29) is 11.5 Å². The summed E-state index contributed by atoms with van der Waals surface area (Å²) in [6.07, 6.45) is -1.50. The van der Waals surface area contributed by atoms with Crippen LogP contribution in [0.1, 0.15) is 37.8 Å². The third-order valence-corrected chi connectivity index (χ3v) is 3.52. The van der Waals surface area contributed by atoms with E-state index in [1.165, 1.54) is 6.07 Å². The van der Waals surface area contributed by atoms with E-state index in [4.69, 9.17) is 5.73 Å². The van der Waals surface area contributed by atoms with Crippen molar-refractivity contribution >= 4 is 5.57 Å². The lowest BCUT2D eigenvalue weighted by Gasteiger charge is -2.33. The highest BCUT2D eigenvalue weighted by Crippen LogP contribution is 2.40. The van der Waals surface area contributed by atoms with Crippen LogP contribution in [-0.2, 0) is 6.18 Å². The Labute approximate surface area is 115 Å². The molecule has 0 radical (unpaired) electrons. The minimum Gasteiger partial charge on any atom is -0.324 e. The number of rotatable bonds is 1. The minimum absolute atomic E-state index is 0.0731. The monoisotopic (exact) mass is 287 g/mol. The molecule has 0 aromatic heterocycles. The zero-order valence-corrected chi connectivity index (χ0v) is 11.4. The molecule has 1 atom stereocenters. The molecule has 5 heteroatoms. The summed E-state index contributed by atoms with van der Waals surface area (Å²) in [5, 5.41) is 0. The maximum Gasteiger partial charge on any atom is 0.419 e. The number of hydrogen-bond donors (Lipinski definition) is 1. The van der Waals surface area contributed by atoms with Gasteiger partial charge in [-0.05, 0) is 41.5 Å². The molecule has 0 heterocycles. The van der Waals surface area contributed by atoms with Gasteiger partial charge in [0.1, 0.15) is 5.82 Å². The number of hydrogen-bond acceptors (Lipinski definition) is 1. The van der Waals surface area contributed by atoms with Crippen LogP contribution >= 0.6 is 0 Å². The minimum atomic E-state index is -4.69. The fourth-order valence-electron chi connectivity index (χ4n) is 2.74. The second kappa shape index (κ2) is 4.88. The first-order valence-electron chi connectivity index (χ1n) is 6.42. The Morgan fingerprint density at radius 1 is 1.25 bits per heavy atom. The van der Waals surface area contributed by atoms with Crippen LogP contribution in [0.4, 0.5) is 17.6 Å². The quantitative estimate of drug-likeness (QED) is 0.762. The lowest BCUT2D eigenvalue weighted by molar-refractivity contribution is -0.140. The average molecular weight is 287 g/mol. The topological polar surface area (TPSA) is 26.0 Å². The van der Waals surface area contributed by atoms with E-state index in [2.05, 4.69) is 0 Å². The van der Waals surface area contributed by atoms with Gasteiger partial charge in [-0.3, -0.25) is 0 Å². The summed E-state index contributed by atoms with van der Waals surface area (Å²) >= 11 is 0. The van der Waals surface area contributed by atoms with Gasteiger partial charge in [0.2, 0.25) is 0 Å². The van der Waals surface area contributed by atoms with Gasteiger partial charge >= 0.3 is 6.18 Å². The van der Waals surface area contributed by atoms with Crippen molar-refractivity contribution in [3.63, 3.8) is 0 Å². The summed E-state index contributed by atoms with van der Waals surface area (Å²) in [7, 11) is 0. The molecule has 1 aliphatic carbocycles. The first-order valence-corrected chi connectivity index (χ1v) is 6.42. The van der Waals surface area contributed by atoms with Crippen molar-refractivity contribution in [2.45, 2.75) is 38.9 Å². The molecule has 0 aliphatic heterocycles. The third-order valence-electron chi connectivity index (χ3n) is 3.52. The van der Waals surface area contributed by atoms with E-state index in [0.717, 1.165) is 24.1 Å². The van der Waals surface area contributed by atoms with Crippen LogP contribution in [0, 0.1) is 11.2 Å². The van der Waals surface area contributed by atoms with Crippen LogP contribution in [0.25, 0.3) is 5.57 Å². The summed E-state index contributed by atoms with van der Waals surface area (Å²) in [6, 6.07) is 2.93. The lowest BCUT2D eigenvalue weighted by atomic mass is 9.74. The number of allylic oxidation sites excluding steroid dienone is 1. The van der Waals surface area contributed by atoms with E-state index in [9.17, 15) is 17.6 Å². The highest BCUT2D eigenvalue weighted by Gasteiger charge is 2.35. The first-order chi connectivity index (χ1) is 9.08. The van der Waals surface area contributed by atoms with Crippen molar-refractivity contribution in [1.29, 1.82) is 0 Å². The molecule has 1 aromatic rings. The second-order valence-electron chi connectivity index (χ2n) is 6.09. The molecule has 0 amide bonds. The Morgan fingerprint density at radius 3 is 2.45 bits per heavy atom. The van der Waals surface area contributed by atoms with Crippen molar-refractivity contribution in [2.24, 2.45) is 11.1 Å². The molecule has 0 saturated carbocycles. The summed E-state index contributed by atoms with van der Waals surface area (Å²) in [6.45, 7) is 4.04. The highest BCUT2D eigenvalue weighted by atomic mass is 19.4. The van der Waals surface area contributed by atoms with Crippen LogP contribution in [0.2, 0.25) is 0 Å². The maximum absolute atomic E-state index is 13.3. The number of halogens is 4. The first kappa shape index (κ1) is 15.0. The fraction of sp³-hybridized carbons (Fsp3) is 0.467. The summed E-state index contributed by atoms with van der Waals surface area (Å²) in [4.78, 5) is 0. The van der Waals surface area contributed by atoms with Gasteiger partial charge in [-0.1, -0.05) is 26.0 Å². The maximum atomic E-state index is 13.3. The molecular weight excluding hydrogens is 270 g/mol. The van der Waals surface area contributed by atoms with Gasteiger partial charge in [0, 0.05) is 6.04 Å². The van der Waals surface area contributed by atoms with Crippen LogP contribution in [0.3, 0.4) is 0 Å². The van der Waals surface area contributed by atoms with Crippen molar-refractivity contribution in [3.05, 3.63) is 41.2 Å². The summed E-state index contributed by atoms with van der Waals surface area (Å²) in [5.74, 6) is -1.25. The van der Waals surface area contributed by atoms with Gasteiger partial charge in [0.05, 0.1) is 5.56 Å². The number of nitrogens with two attached hydrogens (primary N) is 1. The van der Waals surface area contributed by atoms with E-state index < -0.39 is 17.6 Å². The smallest absolute Gasteiger partial charge is 0.324 e. The Bertz CT molecular complexity index is 543. The molecule has 2 rings (SSSR count). The predicted octanol–water partition coefficient (Wildman–Crippen LogP) is 4.38. The summed E-state index contributed by atoms with van der Waals surface area (Å²) < 4.78 is 51.5. The molecule has 1 unspecified atom stereocenters. The Kier molecular flexibility index (Phi) is 3.67. The van der Waals surface area contributed by atoms with E-state index in [1.807, 2.05) is 13.8 Å². The van der Waals surface area contributed by atoms with Crippen molar-refractivity contribution in [2.75, 3.05) is 0 Å². The van der Waals surface area contributed by atoms with Crippen LogP contribution in [-0.4, -0.2) is 6.04 Å². The van der Waals surface area contributed by atoms with E-state index in [1.54, 1.807) is 6.08 Å². The molecule has 2 N–H and O–H groups in total. The molecule has 1 aromatic carbocycles. The Balaban J connectivity index is 2.44. The van der Waals surface area contributed by atoms with Crippen molar-refractivity contribution in [3.8, 4) is 0 Å². The van der Waals surface area contributed by atoms with E-state index in [0.29, 0.717) is 12.0 Å². The van der Waals surface area contributed by atoms with Crippen molar-refractivity contribution in [1.82, 2.24) is 0 Å². The molecule has 20 heavy (non-hydrogen) atoms. The van der Waals surface area contributed by atoms with Crippen LogP contribution in [0.5, 0.6) is 0 Å². The van der Waals surface area contributed by atoms with Gasteiger partial charge in [0.15, 0.2) is 0 Å². The largest absolute Gasteiger partial charge is 0.419 e. The predicted molar refractivity (Wildman–Crippen MR) is 70.4 cm³/mol. The van der Waals surface area contributed by atoms with Gasteiger partial charge < -0.3 is 5.73 Å². The zero-order chi connectivity index (χ0) is 15.1.